The molecule has 5 nitrogen and oxygen atoms in total. The number of carbonyl (C=O) groups is 2. The van der Waals surface area contributed by atoms with Crippen LogP contribution >= 0.6 is 11.3 Å². The molecule has 2 aliphatic rings. The van der Waals surface area contributed by atoms with Crippen LogP contribution in [0.25, 0.3) is 0 Å². The van der Waals surface area contributed by atoms with Gasteiger partial charge in [-0.05, 0) is 42.5 Å². The van der Waals surface area contributed by atoms with Crippen LogP contribution in [0.5, 0.6) is 0 Å². The Balaban J connectivity index is 1.45. The van der Waals surface area contributed by atoms with Crippen molar-refractivity contribution in [3.63, 3.8) is 0 Å². The number of carbonyl (C=O) groups excluding carboxylic acids is 2. The fraction of sp³-hybridized carbons (Fsp3) is 0.444. The zero-order chi connectivity index (χ0) is 16.7. The smallest absolute Gasteiger partial charge is 0.228 e. The lowest BCUT2D eigenvalue weighted by Gasteiger charge is -2.35. The van der Waals surface area contributed by atoms with Crippen molar-refractivity contribution in [2.45, 2.75) is 32.4 Å². The molecule has 1 fully saturated rings. The van der Waals surface area contributed by atoms with Crippen molar-refractivity contribution in [3.05, 3.63) is 46.0 Å². The summed E-state index contributed by atoms with van der Waals surface area (Å²) in [5.41, 5.74) is 1.26. The van der Waals surface area contributed by atoms with Gasteiger partial charge in [0.15, 0.2) is 0 Å². The summed E-state index contributed by atoms with van der Waals surface area (Å²) in [5.74, 6) is 0.654. The molecule has 0 aromatic carbocycles. The van der Waals surface area contributed by atoms with Crippen LogP contribution in [0.4, 0.5) is 0 Å². The van der Waals surface area contributed by atoms with Crippen LogP contribution in [0.3, 0.4) is 0 Å². The molecule has 0 N–H and O–H groups in total. The number of likely N-dealkylation sites (tertiary alicyclic amines) is 1. The normalized spacial score (nSPS) is 23.6. The molecular weight excluding hydrogens is 324 g/mol. The van der Waals surface area contributed by atoms with E-state index in [-0.39, 0.29) is 23.8 Å². The first-order valence-electron chi connectivity index (χ1n) is 8.30. The number of amides is 2. The van der Waals surface area contributed by atoms with Gasteiger partial charge < -0.3 is 14.2 Å². The summed E-state index contributed by atoms with van der Waals surface area (Å²) in [5, 5.41) is 2.10. The molecule has 2 amide bonds. The van der Waals surface area contributed by atoms with E-state index in [9.17, 15) is 9.59 Å². The molecule has 1 saturated heterocycles. The largest absolute Gasteiger partial charge is 0.467 e. The molecule has 2 atom stereocenters. The minimum Gasteiger partial charge on any atom is -0.467 e. The van der Waals surface area contributed by atoms with Crippen molar-refractivity contribution in [1.82, 2.24) is 9.80 Å². The third-order valence-corrected chi connectivity index (χ3v) is 6.05. The molecular formula is C18H20N2O3S. The first-order chi connectivity index (χ1) is 11.6. The average Bonchev–Trinajstić information content (AvgIpc) is 3.30. The maximum absolute atomic E-state index is 13.0. The van der Waals surface area contributed by atoms with Gasteiger partial charge in [0, 0.05) is 24.4 Å². The lowest BCUT2D eigenvalue weighted by molar-refractivity contribution is -0.138. The van der Waals surface area contributed by atoms with Crippen molar-refractivity contribution in [2.75, 3.05) is 13.1 Å². The maximum atomic E-state index is 13.0. The zero-order valence-electron chi connectivity index (χ0n) is 13.6. The van der Waals surface area contributed by atoms with E-state index in [2.05, 4.69) is 18.4 Å². The summed E-state index contributed by atoms with van der Waals surface area (Å²) in [6.07, 6.45) is 2.82. The van der Waals surface area contributed by atoms with Crippen molar-refractivity contribution >= 4 is 23.2 Å². The minimum absolute atomic E-state index is 0.0330. The predicted molar refractivity (Wildman–Crippen MR) is 90.4 cm³/mol. The van der Waals surface area contributed by atoms with Crippen LogP contribution < -0.4 is 0 Å². The van der Waals surface area contributed by atoms with Crippen LogP contribution in [-0.4, -0.2) is 34.7 Å². The lowest BCUT2D eigenvalue weighted by Crippen LogP contribution is -2.42. The zero-order valence-corrected chi connectivity index (χ0v) is 14.4. The van der Waals surface area contributed by atoms with Crippen LogP contribution in [0.15, 0.2) is 34.3 Å². The first-order valence-corrected chi connectivity index (χ1v) is 9.18. The Morgan fingerprint density at radius 2 is 2.29 bits per heavy atom. The topological polar surface area (TPSA) is 53.8 Å². The highest BCUT2D eigenvalue weighted by Crippen LogP contribution is 2.35. The van der Waals surface area contributed by atoms with Crippen LogP contribution in [0.1, 0.15) is 35.6 Å². The Morgan fingerprint density at radius 1 is 1.42 bits per heavy atom. The van der Waals surface area contributed by atoms with E-state index in [4.69, 9.17) is 4.42 Å². The number of nitrogens with zero attached hydrogens (tertiary/aromatic N) is 2. The Kier molecular flexibility index (Phi) is 3.92. The summed E-state index contributed by atoms with van der Waals surface area (Å²) in [6.45, 7) is 3.76. The van der Waals surface area contributed by atoms with Gasteiger partial charge in [0.1, 0.15) is 5.76 Å². The summed E-state index contributed by atoms with van der Waals surface area (Å²) in [4.78, 5) is 30.3. The quantitative estimate of drug-likeness (QED) is 0.860. The average molecular weight is 344 g/mol. The molecule has 126 valence electrons. The third kappa shape index (κ3) is 2.65. The minimum atomic E-state index is -0.241. The second-order valence-corrected chi connectivity index (χ2v) is 7.51. The number of fused-ring (bicyclic) bond motifs is 1. The molecule has 2 aromatic rings. The summed E-state index contributed by atoms with van der Waals surface area (Å²) in [7, 11) is 0. The SMILES string of the molecule is CC1c2ccsc2CCN1C(=O)C1CC(=O)N(Cc2ccco2)C1. The van der Waals surface area contributed by atoms with Crippen molar-refractivity contribution in [1.29, 1.82) is 0 Å². The summed E-state index contributed by atoms with van der Waals surface area (Å²) < 4.78 is 5.31. The second kappa shape index (κ2) is 6.09. The van der Waals surface area contributed by atoms with E-state index >= 15 is 0 Å². The molecule has 0 bridgehead atoms. The van der Waals surface area contributed by atoms with Gasteiger partial charge in [0.05, 0.1) is 24.8 Å². The lowest BCUT2D eigenvalue weighted by atomic mass is 9.98. The number of rotatable bonds is 3. The third-order valence-electron chi connectivity index (χ3n) is 5.05. The Morgan fingerprint density at radius 3 is 3.08 bits per heavy atom. The Bertz CT molecular complexity index is 752. The second-order valence-electron chi connectivity index (χ2n) is 6.51. The molecule has 0 spiro atoms. The molecule has 4 rings (SSSR count). The first kappa shape index (κ1) is 15.4. The molecule has 0 aliphatic carbocycles. The van der Waals surface area contributed by atoms with E-state index in [0.29, 0.717) is 19.5 Å². The van der Waals surface area contributed by atoms with E-state index in [1.54, 1.807) is 22.5 Å². The molecule has 2 aromatic heterocycles. The molecule has 4 heterocycles. The van der Waals surface area contributed by atoms with Gasteiger partial charge in [-0.25, -0.2) is 0 Å². The number of thiophene rings is 1. The summed E-state index contributed by atoms with van der Waals surface area (Å²) >= 11 is 1.77. The van der Waals surface area contributed by atoms with Gasteiger partial charge in [-0.1, -0.05) is 0 Å². The monoisotopic (exact) mass is 344 g/mol. The maximum Gasteiger partial charge on any atom is 0.228 e. The fourth-order valence-corrected chi connectivity index (χ4v) is 4.69. The van der Waals surface area contributed by atoms with Crippen molar-refractivity contribution in [2.24, 2.45) is 5.92 Å². The molecule has 0 radical (unpaired) electrons. The highest BCUT2D eigenvalue weighted by Gasteiger charge is 2.39. The number of hydrogen-bond acceptors (Lipinski definition) is 4. The van der Waals surface area contributed by atoms with Gasteiger partial charge in [-0.15, -0.1) is 11.3 Å². The molecule has 2 unspecified atom stereocenters. The number of furan rings is 1. The Hall–Kier alpha value is -2.08. The van der Waals surface area contributed by atoms with E-state index < -0.39 is 0 Å². The van der Waals surface area contributed by atoms with Gasteiger partial charge >= 0.3 is 0 Å². The van der Waals surface area contributed by atoms with Crippen LogP contribution in [0.2, 0.25) is 0 Å². The van der Waals surface area contributed by atoms with Gasteiger partial charge in [0.2, 0.25) is 11.8 Å². The number of hydrogen-bond donors (Lipinski definition) is 0. The van der Waals surface area contributed by atoms with E-state index in [0.717, 1.165) is 18.7 Å². The van der Waals surface area contributed by atoms with Crippen molar-refractivity contribution in [3.8, 4) is 0 Å². The summed E-state index contributed by atoms with van der Waals surface area (Å²) in [6, 6.07) is 5.88. The van der Waals surface area contributed by atoms with E-state index in [1.807, 2.05) is 17.0 Å². The highest BCUT2D eigenvalue weighted by molar-refractivity contribution is 7.10. The van der Waals surface area contributed by atoms with Gasteiger partial charge in [-0.3, -0.25) is 9.59 Å². The molecule has 6 heteroatoms. The highest BCUT2D eigenvalue weighted by atomic mass is 32.1. The molecule has 2 aliphatic heterocycles. The molecule has 0 saturated carbocycles. The predicted octanol–water partition coefficient (Wildman–Crippen LogP) is 2.84. The van der Waals surface area contributed by atoms with Crippen LogP contribution in [-0.2, 0) is 22.6 Å². The van der Waals surface area contributed by atoms with Crippen LogP contribution in [0, 0.1) is 5.92 Å². The van der Waals surface area contributed by atoms with Gasteiger partial charge in [-0.2, -0.15) is 0 Å². The standard InChI is InChI=1S/C18H20N2O3S/c1-12-15-5-8-24-16(15)4-6-20(12)18(22)13-9-17(21)19(10-13)11-14-3-2-7-23-14/h2-3,5,7-8,12-13H,4,6,9-11H2,1H3. The molecule has 24 heavy (non-hydrogen) atoms. The fourth-order valence-electron chi connectivity index (χ4n) is 3.73. The van der Waals surface area contributed by atoms with Gasteiger partial charge in [0.25, 0.3) is 0 Å². The van der Waals surface area contributed by atoms with E-state index in [1.165, 1.54) is 10.4 Å². The Labute approximate surface area is 144 Å². The van der Waals surface area contributed by atoms with Crippen molar-refractivity contribution < 1.29 is 14.0 Å².